The van der Waals surface area contributed by atoms with Crippen LogP contribution in [0.25, 0.3) is 0 Å². The number of aromatic nitrogens is 1. The van der Waals surface area contributed by atoms with E-state index in [0.717, 1.165) is 18.0 Å². The van der Waals surface area contributed by atoms with Crippen molar-refractivity contribution in [3.63, 3.8) is 0 Å². The van der Waals surface area contributed by atoms with Gasteiger partial charge in [0, 0.05) is 19.1 Å². The lowest BCUT2D eigenvalue weighted by Crippen LogP contribution is -2.35. The third kappa shape index (κ3) is 3.51. The monoisotopic (exact) mass is 275 g/mol. The summed E-state index contributed by atoms with van der Waals surface area (Å²) in [6, 6.07) is 4.99. The molecule has 1 fully saturated rings. The highest BCUT2D eigenvalue weighted by Gasteiger charge is 2.23. The molecule has 1 aliphatic carbocycles. The summed E-state index contributed by atoms with van der Waals surface area (Å²) in [5.74, 6) is 0.947. The maximum Gasteiger partial charge on any atom is 0.0572 e. The normalized spacial score (nSPS) is 24.4. The lowest BCUT2D eigenvalue weighted by atomic mass is 9.84. The number of anilines is 1. The van der Waals surface area contributed by atoms with Gasteiger partial charge in [0.05, 0.1) is 17.6 Å². The molecule has 0 spiro atoms. The van der Waals surface area contributed by atoms with E-state index in [4.69, 9.17) is 5.73 Å². The van der Waals surface area contributed by atoms with Gasteiger partial charge in [-0.1, -0.05) is 20.3 Å². The van der Waals surface area contributed by atoms with Gasteiger partial charge in [0.1, 0.15) is 0 Å². The van der Waals surface area contributed by atoms with Gasteiger partial charge in [-0.05, 0) is 50.2 Å². The predicted molar refractivity (Wildman–Crippen MR) is 85.9 cm³/mol. The van der Waals surface area contributed by atoms with Crippen LogP contribution in [-0.4, -0.2) is 18.1 Å². The molecule has 2 rings (SSSR count). The molecular weight excluding hydrogens is 246 g/mol. The van der Waals surface area contributed by atoms with Crippen LogP contribution in [0.5, 0.6) is 0 Å². The Labute approximate surface area is 123 Å². The molecule has 1 aromatic rings. The van der Waals surface area contributed by atoms with Crippen molar-refractivity contribution >= 4 is 5.69 Å². The molecule has 1 aliphatic rings. The molecule has 1 saturated carbocycles. The van der Waals surface area contributed by atoms with Crippen molar-refractivity contribution < 1.29 is 0 Å². The van der Waals surface area contributed by atoms with Crippen molar-refractivity contribution in [3.05, 3.63) is 24.0 Å². The molecule has 0 aliphatic heterocycles. The van der Waals surface area contributed by atoms with Crippen molar-refractivity contribution in [2.45, 2.75) is 64.5 Å². The molecule has 20 heavy (non-hydrogen) atoms. The molecule has 2 N–H and O–H groups in total. The number of nitrogens with zero attached hydrogens (tertiary/aromatic N) is 2. The quantitative estimate of drug-likeness (QED) is 0.886. The minimum Gasteiger partial charge on any atom is -0.370 e. The highest BCUT2D eigenvalue weighted by Crippen LogP contribution is 2.31. The zero-order valence-corrected chi connectivity index (χ0v) is 13.2. The molecule has 1 atom stereocenters. The Morgan fingerprint density at radius 3 is 2.45 bits per heavy atom. The Morgan fingerprint density at radius 1 is 1.25 bits per heavy atom. The van der Waals surface area contributed by atoms with E-state index in [1.165, 1.54) is 37.8 Å². The van der Waals surface area contributed by atoms with Crippen molar-refractivity contribution in [1.29, 1.82) is 0 Å². The van der Waals surface area contributed by atoms with Crippen molar-refractivity contribution in [2.75, 3.05) is 11.9 Å². The predicted octanol–water partition coefficient (Wildman–Crippen LogP) is 3.90. The van der Waals surface area contributed by atoms with Crippen LogP contribution in [-0.2, 0) is 0 Å². The van der Waals surface area contributed by atoms with E-state index < -0.39 is 0 Å². The second-order valence-electron chi connectivity index (χ2n) is 6.15. The molecular formula is C17H29N3. The smallest absolute Gasteiger partial charge is 0.0572 e. The zero-order valence-electron chi connectivity index (χ0n) is 13.2. The fraction of sp³-hybridized carbons (Fsp3) is 0.706. The highest BCUT2D eigenvalue weighted by atomic mass is 15.1. The molecule has 112 valence electrons. The van der Waals surface area contributed by atoms with E-state index in [-0.39, 0.29) is 6.04 Å². The van der Waals surface area contributed by atoms with E-state index in [1.54, 1.807) is 0 Å². The molecule has 0 amide bonds. The van der Waals surface area contributed by atoms with E-state index in [2.05, 4.69) is 42.9 Å². The first-order valence-corrected chi connectivity index (χ1v) is 8.10. The SMILES string of the molecule is CCC1CCC(N(C)c2ccc([C@@H](N)CC)nc2)CC1. The molecule has 0 bridgehead atoms. The summed E-state index contributed by atoms with van der Waals surface area (Å²) in [6.45, 7) is 4.41. The first-order chi connectivity index (χ1) is 9.65. The fourth-order valence-corrected chi connectivity index (χ4v) is 3.19. The lowest BCUT2D eigenvalue weighted by molar-refractivity contribution is 0.313. The van der Waals surface area contributed by atoms with Crippen LogP contribution in [0.1, 0.15) is 64.1 Å². The number of pyridine rings is 1. The summed E-state index contributed by atoms with van der Waals surface area (Å²) >= 11 is 0. The van der Waals surface area contributed by atoms with Gasteiger partial charge in [-0.25, -0.2) is 0 Å². The molecule has 0 saturated heterocycles. The molecule has 1 aromatic heterocycles. The van der Waals surface area contributed by atoms with Gasteiger partial charge in [0.2, 0.25) is 0 Å². The van der Waals surface area contributed by atoms with Gasteiger partial charge < -0.3 is 10.6 Å². The van der Waals surface area contributed by atoms with Crippen LogP contribution >= 0.6 is 0 Å². The minimum absolute atomic E-state index is 0.0642. The van der Waals surface area contributed by atoms with Crippen LogP contribution in [0.3, 0.4) is 0 Å². The van der Waals surface area contributed by atoms with Gasteiger partial charge in [0.15, 0.2) is 0 Å². The maximum atomic E-state index is 6.02. The van der Waals surface area contributed by atoms with Gasteiger partial charge in [-0.15, -0.1) is 0 Å². The van der Waals surface area contributed by atoms with Crippen LogP contribution in [0.4, 0.5) is 5.69 Å². The summed E-state index contributed by atoms with van der Waals surface area (Å²) in [6.07, 6.45) is 9.62. The fourth-order valence-electron chi connectivity index (χ4n) is 3.19. The van der Waals surface area contributed by atoms with E-state index >= 15 is 0 Å². The van der Waals surface area contributed by atoms with E-state index in [0.29, 0.717) is 6.04 Å². The lowest BCUT2D eigenvalue weighted by Gasteiger charge is -2.35. The van der Waals surface area contributed by atoms with Crippen LogP contribution in [0.15, 0.2) is 18.3 Å². The van der Waals surface area contributed by atoms with Gasteiger partial charge in [-0.3, -0.25) is 4.98 Å². The largest absolute Gasteiger partial charge is 0.370 e. The summed E-state index contributed by atoms with van der Waals surface area (Å²) in [5.41, 5.74) is 8.24. The summed E-state index contributed by atoms with van der Waals surface area (Å²) in [4.78, 5) is 6.93. The van der Waals surface area contributed by atoms with Crippen molar-refractivity contribution in [3.8, 4) is 0 Å². The van der Waals surface area contributed by atoms with Crippen LogP contribution in [0, 0.1) is 5.92 Å². The third-order valence-corrected chi connectivity index (χ3v) is 4.94. The molecule has 0 radical (unpaired) electrons. The second-order valence-corrected chi connectivity index (χ2v) is 6.15. The molecule has 3 nitrogen and oxygen atoms in total. The van der Waals surface area contributed by atoms with Crippen molar-refractivity contribution in [1.82, 2.24) is 4.98 Å². The van der Waals surface area contributed by atoms with Crippen LogP contribution < -0.4 is 10.6 Å². The zero-order chi connectivity index (χ0) is 14.5. The Bertz CT molecular complexity index is 393. The molecule has 0 unspecified atom stereocenters. The molecule has 1 heterocycles. The summed E-state index contributed by atoms with van der Waals surface area (Å²) in [5, 5.41) is 0. The van der Waals surface area contributed by atoms with Gasteiger partial charge in [0.25, 0.3) is 0 Å². The van der Waals surface area contributed by atoms with Crippen molar-refractivity contribution in [2.24, 2.45) is 11.7 Å². The Morgan fingerprint density at radius 2 is 1.95 bits per heavy atom. The topological polar surface area (TPSA) is 42.1 Å². The maximum absolute atomic E-state index is 6.02. The van der Waals surface area contributed by atoms with Gasteiger partial charge >= 0.3 is 0 Å². The summed E-state index contributed by atoms with van der Waals surface area (Å²) in [7, 11) is 2.20. The minimum atomic E-state index is 0.0642. The molecule has 0 aromatic carbocycles. The molecule has 3 heteroatoms. The number of rotatable bonds is 5. The Balaban J connectivity index is 1.97. The highest BCUT2D eigenvalue weighted by molar-refractivity contribution is 5.45. The summed E-state index contributed by atoms with van der Waals surface area (Å²) < 4.78 is 0. The number of hydrogen-bond acceptors (Lipinski definition) is 3. The van der Waals surface area contributed by atoms with E-state index in [9.17, 15) is 0 Å². The number of hydrogen-bond donors (Lipinski definition) is 1. The Hall–Kier alpha value is -1.09. The van der Waals surface area contributed by atoms with Crippen LogP contribution in [0.2, 0.25) is 0 Å². The first-order valence-electron chi connectivity index (χ1n) is 8.10. The third-order valence-electron chi connectivity index (χ3n) is 4.94. The van der Waals surface area contributed by atoms with E-state index in [1.807, 2.05) is 6.20 Å². The van der Waals surface area contributed by atoms with Gasteiger partial charge in [-0.2, -0.15) is 0 Å². The second kappa shape index (κ2) is 7.07. The standard InChI is InChI=1S/C17H29N3/c1-4-13-6-8-14(9-7-13)20(3)15-10-11-17(19-12-15)16(18)5-2/h10-14,16H,4-9,18H2,1-3H3/t13?,14?,16-/m0/s1. The average Bonchev–Trinajstić information content (AvgIpc) is 2.53. The Kier molecular flexibility index (Phi) is 5.41. The number of nitrogens with two attached hydrogens (primary N) is 1. The first kappa shape index (κ1) is 15.3. The average molecular weight is 275 g/mol.